The summed E-state index contributed by atoms with van der Waals surface area (Å²) in [5, 5.41) is 2.78. The van der Waals surface area contributed by atoms with Crippen molar-refractivity contribution in [3.63, 3.8) is 0 Å². The van der Waals surface area contributed by atoms with Gasteiger partial charge in [0.15, 0.2) is 5.78 Å². The molecule has 1 aromatic carbocycles. The minimum absolute atomic E-state index is 0.185. The molecule has 0 aliphatic heterocycles. The Hall–Kier alpha value is -2.37. The Kier molecular flexibility index (Phi) is 3.74. The lowest BCUT2D eigenvalue weighted by Crippen LogP contribution is -2.06. The largest absolute Gasteiger partial charge is 0.416 e. The maximum Gasteiger partial charge on any atom is 0.416 e. The van der Waals surface area contributed by atoms with Gasteiger partial charge in [0.25, 0.3) is 0 Å². The van der Waals surface area contributed by atoms with Crippen molar-refractivity contribution in [3.8, 4) is 0 Å². The van der Waals surface area contributed by atoms with Gasteiger partial charge in [0, 0.05) is 18.8 Å². The molecule has 1 aromatic heterocycles. The van der Waals surface area contributed by atoms with Gasteiger partial charge in [-0.3, -0.25) is 9.78 Å². The molecule has 20 heavy (non-hydrogen) atoms. The van der Waals surface area contributed by atoms with Crippen LogP contribution >= 0.6 is 0 Å². The average Bonchev–Trinajstić information content (AvgIpc) is 2.38. The number of alkyl halides is 3. The molecule has 0 fully saturated rings. The Morgan fingerprint density at radius 2 is 1.95 bits per heavy atom. The minimum Gasteiger partial charge on any atom is -0.354 e. The second-order valence-corrected chi connectivity index (χ2v) is 4.16. The van der Waals surface area contributed by atoms with Crippen molar-refractivity contribution >= 4 is 17.2 Å². The van der Waals surface area contributed by atoms with E-state index < -0.39 is 11.7 Å². The minimum atomic E-state index is -4.41. The van der Waals surface area contributed by atoms with Gasteiger partial charge >= 0.3 is 6.18 Å². The van der Waals surface area contributed by atoms with Crippen LogP contribution in [0, 0.1) is 0 Å². The van der Waals surface area contributed by atoms with Gasteiger partial charge in [-0.15, -0.1) is 0 Å². The molecule has 0 bridgehead atoms. The van der Waals surface area contributed by atoms with Crippen LogP contribution in [0.5, 0.6) is 0 Å². The third-order valence-electron chi connectivity index (χ3n) is 2.61. The summed E-state index contributed by atoms with van der Waals surface area (Å²) in [6.07, 6.45) is -2.95. The van der Waals surface area contributed by atoms with E-state index in [0.29, 0.717) is 5.69 Å². The monoisotopic (exact) mass is 280 g/mol. The summed E-state index contributed by atoms with van der Waals surface area (Å²) in [4.78, 5) is 15.3. The van der Waals surface area contributed by atoms with Gasteiger partial charge in [-0.25, -0.2) is 0 Å². The number of benzene rings is 1. The Bertz CT molecular complexity index is 638. The number of pyridine rings is 1. The molecular formula is C14H11F3N2O. The molecule has 0 aliphatic carbocycles. The fraction of sp³-hybridized carbons (Fsp3) is 0.143. The number of carbonyl (C=O) groups is 1. The Morgan fingerprint density at radius 1 is 1.20 bits per heavy atom. The van der Waals surface area contributed by atoms with E-state index in [9.17, 15) is 18.0 Å². The number of Topliss-reactive ketones (excluding diaryl/α,β-unsaturated/α-hetero) is 1. The number of nitrogens with zero attached hydrogens (tertiary/aromatic N) is 1. The molecule has 0 amide bonds. The number of carbonyl (C=O) groups excluding carboxylic acids is 1. The highest BCUT2D eigenvalue weighted by Gasteiger charge is 2.30. The maximum absolute atomic E-state index is 12.6. The molecule has 0 saturated carbocycles. The number of aromatic nitrogens is 1. The first-order valence-electron chi connectivity index (χ1n) is 5.78. The molecule has 104 valence electrons. The van der Waals surface area contributed by atoms with Gasteiger partial charge < -0.3 is 5.32 Å². The zero-order chi connectivity index (χ0) is 14.8. The van der Waals surface area contributed by atoms with E-state index in [4.69, 9.17) is 0 Å². The lowest BCUT2D eigenvalue weighted by Gasteiger charge is -2.12. The third kappa shape index (κ3) is 3.14. The third-order valence-corrected chi connectivity index (χ3v) is 2.61. The molecule has 2 aromatic rings. The summed E-state index contributed by atoms with van der Waals surface area (Å²) in [5.74, 6) is -0.264. The highest BCUT2D eigenvalue weighted by Crippen LogP contribution is 2.31. The number of hydrogen-bond acceptors (Lipinski definition) is 3. The van der Waals surface area contributed by atoms with Crippen LogP contribution in [0.25, 0.3) is 0 Å². The lowest BCUT2D eigenvalue weighted by atomic mass is 10.1. The zero-order valence-electron chi connectivity index (χ0n) is 10.5. The number of rotatable bonds is 3. The lowest BCUT2D eigenvalue weighted by molar-refractivity contribution is -0.137. The number of anilines is 2. The first-order chi connectivity index (χ1) is 9.38. The van der Waals surface area contributed by atoms with Gasteiger partial charge in [0.2, 0.25) is 0 Å². The fourth-order valence-corrected chi connectivity index (χ4v) is 1.72. The maximum atomic E-state index is 12.6. The topological polar surface area (TPSA) is 42.0 Å². The number of hydrogen-bond donors (Lipinski definition) is 1. The average molecular weight is 280 g/mol. The van der Waals surface area contributed by atoms with Crippen LogP contribution in [0.4, 0.5) is 24.5 Å². The quantitative estimate of drug-likeness (QED) is 0.862. The van der Waals surface area contributed by atoms with Crippen LogP contribution in [0.15, 0.2) is 42.6 Å². The van der Waals surface area contributed by atoms with E-state index in [2.05, 4.69) is 10.3 Å². The molecule has 6 heteroatoms. The van der Waals surface area contributed by atoms with Crippen LogP contribution in [-0.4, -0.2) is 10.8 Å². The van der Waals surface area contributed by atoms with E-state index in [1.54, 1.807) is 12.1 Å². The smallest absolute Gasteiger partial charge is 0.354 e. The van der Waals surface area contributed by atoms with Crippen LogP contribution in [0.2, 0.25) is 0 Å². The SMILES string of the molecule is CC(=O)c1ncccc1Nc1cccc(C(F)(F)F)c1. The Morgan fingerprint density at radius 3 is 2.60 bits per heavy atom. The summed E-state index contributed by atoms with van der Waals surface area (Å²) in [6.45, 7) is 1.35. The molecule has 1 N–H and O–H groups in total. The number of halogens is 3. The van der Waals surface area contributed by atoms with Gasteiger partial charge in [0.05, 0.1) is 11.3 Å². The molecule has 2 rings (SSSR count). The van der Waals surface area contributed by atoms with E-state index >= 15 is 0 Å². The van der Waals surface area contributed by atoms with Crippen molar-refractivity contribution in [1.29, 1.82) is 0 Å². The first kappa shape index (κ1) is 14.0. The Balaban J connectivity index is 2.34. The fourth-order valence-electron chi connectivity index (χ4n) is 1.72. The van der Waals surface area contributed by atoms with Crippen LogP contribution in [0.1, 0.15) is 23.0 Å². The highest BCUT2D eigenvalue weighted by atomic mass is 19.4. The molecule has 0 saturated heterocycles. The van der Waals surface area contributed by atoms with Crippen LogP contribution in [-0.2, 0) is 6.18 Å². The molecule has 0 atom stereocenters. The van der Waals surface area contributed by atoms with Crippen molar-refractivity contribution in [2.45, 2.75) is 13.1 Å². The molecule has 0 radical (unpaired) electrons. The second-order valence-electron chi connectivity index (χ2n) is 4.16. The first-order valence-corrected chi connectivity index (χ1v) is 5.78. The van der Waals surface area contributed by atoms with E-state index in [1.165, 1.54) is 25.3 Å². The van der Waals surface area contributed by atoms with Crippen LogP contribution in [0.3, 0.4) is 0 Å². The zero-order valence-corrected chi connectivity index (χ0v) is 10.5. The van der Waals surface area contributed by atoms with Crippen LogP contribution < -0.4 is 5.32 Å². The summed E-state index contributed by atoms with van der Waals surface area (Å²) in [6, 6.07) is 7.95. The van der Waals surface area contributed by atoms with E-state index in [-0.39, 0.29) is 17.2 Å². The van der Waals surface area contributed by atoms with Crippen molar-refractivity contribution in [2.75, 3.05) is 5.32 Å². The summed E-state index contributed by atoms with van der Waals surface area (Å²) < 4.78 is 37.9. The molecule has 0 aliphatic rings. The number of nitrogens with one attached hydrogen (secondary N) is 1. The molecular weight excluding hydrogens is 269 g/mol. The predicted molar refractivity (Wildman–Crippen MR) is 69.0 cm³/mol. The number of ketones is 1. The summed E-state index contributed by atoms with van der Waals surface area (Å²) >= 11 is 0. The predicted octanol–water partition coefficient (Wildman–Crippen LogP) is 4.05. The second kappa shape index (κ2) is 5.32. The normalized spacial score (nSPS) is 11.2. The Labute approximate surface area is 113 Å². The summed E-state index contributed by atoms with van der Waals surface area (Å²) in [5.41, 5.74) is 0.0512. The van der Waals surface area contributed by atoms with Gasteiger partial charge in [-0.05, 0) is 30.3 Å². The molecule has 0 unspecified atom stereocenters. The van der Waals surface area contributed by atoms with Gasteiger partial charge in [-0.2, -0.15) is 13.2 Å². The van der Waals surface area contributed by atoms with Gasteiger partial charge in [0.1, 0.15) is 5.69 Å². The van der Waals surface area contributed by atoms with Crippen molar-refractivity contribution in [2.24, 2.45) is 0 Å². The highest BCUT2D eigenvalue weighted by molar-refractivity contribution is 5.98. The standard InChI is InChI=1S/C14H11F3N2O/c1-9(20)13-12(6-3-7-18-13)19-11-5-2-4-10(8-11)14(15,16)17/h2-8,19H,1H3. The van der Waals surface area contributed by atoms with Crippen molar-refractivity contribution in [1.82, 2.24) is 4.98 Å². The van der Waals surface area contributed by atoms with E-state index in [1.807, 2.05) is 0 Å². The van der Waals surface area contributed by atoms with Gasteiger partial charge in [-0.1, -0.05) is 6.07 Å². The van der Waals surface area contributed by atoms with Crippen molar-refractivity contribution in [3.05, 3.63) is 53.9 Å². The molecule has 1 heterocycles. The molecule has 0 spiro atoms. The molecule has 3 nitrogen and oxygen atoms in total. The van der Waals surface area contributed by atoms with E-state index in [0.717, 1.165) is 12.1 Å². The van der Waals surface area contributed by atoms with Crippen molar-refractivity contribution < 1.29 is 18.0 Å². The summed E-state index contributed by atoms with van der Waals surface area (Å²) in [7, 11) is 0.